The third-order valence-electron chi connectivity index (χ3n) is 0.696. The number of rotatable bonds is 0. The zero-order chi connectivity index (χ0) is 6.41. The summed E-state index contributed by atoms with van der Waals surface area (Å²) in [7, 11) is 0. The normalized spacial score (nSPS) is 16.5. The van der Waals surface area contributed by atoms with E-state index < -0.39 is 0 Å². The summed E-state index contributed by atoms with van der Waals surface area (Å²) in [5.74, 6) is 0.0926. The molecule has 3 nitrogen and oxygen atoms in total. The van der Waals surface area contributed by atoms with Gasteiger partial charge >= 0.3 is 0 Å². The molecule has 0 radical (unpaired) electrons. The van der Waals surface area contributed by atoms with E-state index in [0.717, 1.165) is 0 Å². The first-order valence-electron chi connectivity index (χ1n) is 2.87. The molecule has 1 fully saturated rings. The van der Waals surface area contributed by atoms with Crippen LogP contribution < -0.4 is 10.6 Å². The SMILES string of the molecule is CC.O=C1CNCN1.[HH]. The van der Waals surface area contributed by atoms with Gasteiger partial charge in [-0.05, 0) is 0 Å². The fraction of sp³-hybridized carbons (Fsp3) is 0.800. The van der Waals surface area contributed by atoms with E-state index in [1.807, 2.05) is 13.8 Å². The number of carbonyl (C=O) groups excluding carboxylic acids is 1. The maximum absolute atomic E-state index is 10.1. The molecule has 3 heteroatoms. The van der Waals surface area contributed by atoms with Crippen LogP contribution in [0.2, 0.25) is 0 Å². The summed E-state index contributed by atoms with van der Waals surface area (Å²) < 4.78 is 0. The third-order valence-corrected chi connectivity index (χ3v) is 0.696. The summed E-state index contributed by atoms with van der Waals surface area (Å²) in [5.41, 5.74) is 0. The molecule has 1 aliphatic heterocycles. The van der Waals surface area contributed by atoms with Crippen LogP contribution in [0.1, 0.15) is 15.3 Å². The molecule has 0 aromatic carbocycles. The molecule has 0 aromatic heterocycles. The molecule has 1 rings (SSSR count). The second-order valence-electron chi connectivity index (χ2n) is 1.20. The lowest BCUT2D eigenvalue weighted by Gasteiger charge is -1.78. The Hall–Kier alpha value is -0.570. The van der Waals surface area contributed by atoms with Crippen molar-refractivity contribution in [2.24, 2.45) is 0 Å². The van der Waals surface area contributed by atoms with Crippen molar-refractivity contribution in [3.63, 3.8) is 0 Å². The van der Waals surface area contributed by atoms with E-state index >= 15 is 0 Å². The Labute approximate surface area is 50.9 Å². The molecule has 1 saturated heterocycles. The summed E-state index contributed by atoms with van der Waals surface area (Å²) in [6.45, 7) is 5.12. The Kier molecular flexibility index (Phi) is 4.26. The van der Waals surface area contributed by atoms with E-state index in [4.69, 9.17) is 0 Å². The number of carbonyl (C=O) groups is 1. The molecule has 50 valence electrons. The predicted octanol–water partition coefficient (Wildman–Crippen LogP) is -0.0645. The van der Waals surface area contributed by atoms with Crippen molar-refractivity contribution in [1.82, 2.24) is 10.6 Å². The standard InChI is InChI=1S/C3H6N2O.C2H6.H2/c6-3-1-4-2-5-3;1-2;/h4H,1-2H2,(H,5,6);1-2H3;1H. The Bertz CT molecular complexity index is 69.4. The van der Waals surface area contributed by atoms with Gasteiger partial charge < -0.3 is 5.32 Å². The molecule has 0 aromatic rings. The van der Waals surface area contributed by atoms with Crippen LogP contribution in [-0.4, -0.2) is 19.1 Å². The lowest BCUT2D eigenvalue weighted by molar-refractivity contribution is -0.118. The summed E-state index contributed by atoms with van der Waals surface area (Å²) >= 11 is 0. The second kappa shape index (κ2) is 4.59. The highest BCUT2D eigenvalue weighted by atomic mass is 16.2. The van der Waals surface area contributed by atoms with Crippen molar-refractivity contribution >= 4 is 5.91 Å². The van der Waals surface area contributed by atoms with Crippen LogP contribution in [0.5, 0.6) is 0 Å². The summed E-state index contributed by atoms with van der Waals surface area (Å²) in [4.78, 5) is 10.1. The van der Waals surface area contributed by atoms with E-state index in [0.29, 0.717) is 13.2 Å². The van der Waals surface area contributed by atoms with Crippen LogP contribution in [-0.2, 0) is 4.79 Å². The molecular weight excluding hydrogens is 104 g/mol. The fourth-order valence-electron chi connectivity index (χ4n) is 0.400. The quantitative estimate of drug-likeness (QED) is 0.467. The van der Waals surface area contributed by atoms with Crippen molar-refractivity contribution in [3.05, 3.63) is 0 Å². The van der Waals surface area contributed by atoms with Crippen molar-refractivity contribution in [1.29, 1.82) is 0 Å². The highest BCUT2D eigenvalue weighted by Crippen LogP contribution is 1.67. The van der Waals surface area contributed by atoms with E-state index in [1.54, 1.807) is 0 Å². The topological polar surface area (TPSA) is 41.1 Å². The predicted molar refractivity (Wildman–Crippen MR) is 34.5 cm³/mol. The van der Waals surface area contributed by atoms with Crippen LogP contribution in [0, 0.1) is 0 Å². The Morgan fingerprint density at radius 1 is 1.62 bits per heavy atom. The van der Waals surface area contributed by atoms with Crippen LogP contribution in [0.3, 0.4) is 0 Å². The monoisotopic (exact) mass is 118 g/mol. The molecule has 0 aliphatic carbocycles. The molecule has 0 unspecified atom stereocenters. The Morgan fingerprint density at radius 2 is 2.25 bits per heavy atom. The smallest absolute Gasteiger partial charge is 0.235 e. The summed E-state index contributed by atoms with van der Waals surface area (Å²) in [6, 6.07) is 0. The van der Waals surface area contributed by atoms with Crippen molar-refractivity contribution in [2.75, 3.05) is 13.2 Å². The van der Waals surface area contributed by atoms with Gasteiger partial charge in [0.1, 0.15) is 0 Å². The first kappa shape index (κ1) is 7.43. The fourth-order valence-corrected chi connectivity index (χ4v) is 0.400. The van der Waals surface area contributed by atoms with Gasteiger partial charge in [0.2, 0.25) is 5.91 Å². The van der Waals surface area contributed by atoms with Crippen LogP contribution in [0.4, 0.5) is 0 Å². The minimum absolute atomic E-state index is 0. The van der Waals surface area contributed by atoms with Gasteiger partial charge in [0.25, 0.3) is 0 Å². The van der Waals surface area contributed by atoms with Gasteiger partial charge in [-0.25, -0.2) is 0 Å². The summed E-state index contributed by atoms with van der Waals surface area (Å²) in [6.07, 6.45) is 0. The van der Waals surface area contributed by atoms with Gasteiger partial charge in [-0.1, -0.05) is 13.8 Å². The van der Waals surface area contributed by atoms with Crippen molar-refractivity contribution in [2.45, 2.75) is 13.8 Å². The molecule has 0 bridgehead atoms. The zero-order valence-electron chi connectivity index (χ0n) is 5.32. The average molecular weight is 118 g/mol. The van der Waals surface area contributed by atoms with E-state index in [-0.39, 0.29) is 7.33 Å². The maximum Gasteiger partial charge on any atom is 0.235 e. The molecule has 1 aliphatic rings. The van der Waals surface area contributed by atoms with Crippen LogP contribution in [0.25, 0.3) is 0 Å². The third kappa shape index (κ3) is 2.58. The first-order valence-corrected chi connectivity index (χ1v) is 2.87. The zero-order valence-corrected chi connectivity index (χ0v) is 5.32. The molecule has 0 atom stereocenters. The highest BCUT2D eigenvalue weighted by Gasteiger charge is 2.03. The number of amides is 1. The van der Waals surface area contributed by atoms with E-state index in [2.05, 4.69) is 10.6 Å². The van der Waals surface area contributed by atoms with E-state index in [9.17, 15) is 4.79 Å². The number of hydrogen-bond acceptors (Lipinski definition) is 2. The largest absolute Gasteiger partial charge is 0.342 e. The summed E-state index contributed by atoms with van der Waals surface area (Å²) in [5, 5.41) is 5.38. The lowest BCUT2D eigenvalue weighted by Crippen LogP contribution is -2.14. The van der Waals surface area contributed by atoms with Gasteiger partial charge in [-0.3, -0.25) is 10.1 Å². The molecule has 0 spiro atoms. The van der Waals surface area contributed by atoms with Gasteiger partial charge in [0.05, 0.1) is 13.2 Å². The first-order chi connectivity index (χ1) is 3.89. The molecule has 8 heavy (non-hydrogen) atoms. The van der Waals surface area contributed by atoms with Gasteiger partial charge in [0.15, 0.2) is 0 Å². The van der Waals surface area contributed by atoms with Gasteiger partial charge in [-0.15, -0.1) is 0 Å². The molecule has 0 saturated carbocycles. The minimum Gasteiger partial charge on any atom is -0.342 e. The molecule has 2 N–H and O–H groups in total. The van der Waals surface area contributed by atoms with Crippen molar-refractivity contribution < 1.29 is 6.22 Å². The van der Waals surface area contributed by atoms with Crippen LogP contribution >= 0.6 is 0 Å². The van der Waals surface area contributed by atoms with Crippen molar-refractivity contribution in [3.8, 4) is 0 Å². The Balaban J connectivity index is 0. The van der Waals surface area contributed by atoms with Gasteiger partial charge in [-0.2, -0.15) is 0 Å². The molecule has 1 heterocycles. The molecular formula is C5H14N2O. The van der Waals surface area contributed by atoms with E-state index in [1.165, 1.54) is 0 Å². The average Bonchev–Trinajstić information content (AvgIpc) is 2.24. The lowest BCUT2D eigenvalue weighted by atomic mass is 10.7. The number of hydrogen-bond donors (Lipinski definition) is 2. The second-order valence-corrected chi connectivity index (χ2v) is 1.20. The van der Waals surface area contributed by atoms with Crippen LogP contribution in [0.15, 0.2) is 0 Å². The number of nitrogens with one attached hydrogen (secondary N) is 2. The minimum atomic E-state index is 0. The maximum atomic E-state index is 10.1. The molecule has 1 amide bonds. The Morgan fingerprint density at radius 3 is 2.38 bits per heavy atom. The van der Waals surface area contributed by atoms with Gasteiger partial charge in [0, 0.05) is 1.43 Å². The highest BCUT2D eigenvalue weighted by molar-refractivity contribution is 5.79.